The Hall–Kier alpha value is -0.910. The summed E-state index contributed by atoms with van der Waals surface area (Å²) in [5.74, 6) is 0. The van der Waals surface area contributed by atoms with Gasteiger partial charge in [0, 0.05) is 38.6 Å². The van der Waals surface area contributed by atoms with Crippen molar-refractivity contribution < 1.29 is 9.47 Å². The summed E-state index contributed by atoms with van der Waals surface area (Å²) in [6, 6.07) is 0. The number of methoxy groups -OCH3 is 2. The summed E-state index contributed by atoms with van der Waals surface area (Å²) in [7, 11) is 3.38. The number of hydrogen-bond acceptors (Lipinski definition) is 4. The van der Waals surface area contributed by atoms with Crippen molar-refractivity contribution in [2.75, 3.05) is 27.4 Å². The molecule has 0 aliphatic heterocycles. The molecule has 0 aromatic carbocycles. The highest BCUT2D eigenvalue weighted by Gasteiger charge is 2.10. The lowest BCUT2D eigenvalue weighted by molar-refractivity contribution is 0.118. The summed E-state index contributed by atoms with van der Waals surface area (Å²) in [5, 5.41) is 7.74. The Morgan fingerprint density at radius 1 is 1.25 bits per heavy atom. The molecule has 1 aromatic rings. The minimum atomic E-state index is 0.505. The SMILES string of the molecule is COCCNCc1c(C)nn(COC)c1C. The molecule has 0 radical (unpaired) electrons. The first kappa shape index (κ1) is 13.2. The van der Waals surface area contributed by atoms with Gasteiger partial charge in [-0.2, -0.15) is 5.10 Å². The number of hydrogen-bond donors (Lipinski definition) is 1. The summed E-state index contributed by atoms with van der Waals surface area (Å²) >= 11 is 0. The molecule has 16 heavy (non-hydrogen) atoms. The zero-order valence-corrected chi connectivity index (χ0v) is 10.5. The van der Waals surface area contributed by atoms with E-state index in [4.69, 9.17) is 9.47 Å². The fraction of sp³-hybridized carbons (Fsp3) is 0.727. The number of aromatic nitrogens is 2. The molecule has 0 atom stereocenters. The highest BCUT2D eigenvalue weighted by Crippen LogP contribution is 2.12. The lowest BCUT2D eigenvalue weighted by Gasteiger charge is -2.05. The molecule has 92 valence electrons. The predicted molar refractivity (Wildman–Crippen MR) is 62.3 cm³/mol. The van der Waals surface area contributed by atoms with Gasteiger partial charge in [0.2, 0.25) is 0 Å². The zero-order valence-electron chi connectivity index (χ0n) is 10.5. The fourth-order valence-electron chi connectivity index (χ4n) is 1.63. The Morgan fingerprint density at radius 2 is 2.00 bits per heavy atom. The van der Waals surface area contributed by atoms with Gasteiger partial charge in [-0.1, -0.05) is 0 Å². The molecular formula is C11H21N3O2. The largest absolute Gasteiger partial charge is 0.383 e. The summed E-state index contributed by atoms with van der Waals surface area (Å²) in [6.07, 6.45) is 0. The topological polar surface area (TPSA) is 48.3 Å². The Kier molecular flexibility index (Phi) is 5.45. The molecule has 0 spiro atoms. The Labute approximate surface area is 96.7 Å². The van der Waals surface area contributed by atoms with Gasteiger partial charge < -0.3 is 14.8 Å². The molecule has 1 N–H and O–H groups in total. The van der Waals surface area contributed by atoms with E-state index in [1.54, 1.807) is 14.2 Å². The molecule has 5 heteroatoms. The first-order chi connectivity index (χ1) is 7.70. The molecule has 0 amide bonds. The minimum absolute atomic E-state index is 0.505. The van der Waals surface area contributed by atoms with Crippen LogP contribution in [0.2, 0.25) is 0 Å². The van der Waals surface area contributed by atoms with Crippen LogP contribution in [0.4, 0.5) is 0 Å². The van der Waals surface area contributed by atoms with Gasteiger partial charge >= 0.3 is 0 Å². The van der Waals surface area contributed by atoms with Crippen molar-refractivity contribution in [3.05, 3.63) is 17.0 Å². The molecule has 0 fully saturated rings. The molecule has 0 aliphatic carbocycles. The van der Waals surface area contributed by atoms with Gasteiger partial charge in [0.1, 0.15) is 6.73 Å². The summed E-state index contributed by atoms with van der Waals surface area (Å²) in [4.78, 5) is 0. The van der Waals surface area contributed by atoms with Gasteiger partial charge in [0.05, 0.1) is 12.3 Å². The third kappa shape index (κ3) is 3.30. The lowest BCUT2D eigenvalue weighted by Crippen LogP contribution is -2.19. The van der Waals surface area contributed by atoms with E-state index in [2.05, 4.69) is 17.3 Å². The number of ether oxygens (including phenoxy) is 2. The monoisotopic (exact) mass is 227 g/mol. The van der Waals surface area contributed by atoms with Gasteiger partial charge in [0.25, 0.3) is 0 Å². The second-order valence-corrected chi connectivity index (χ2v) is 3.74. The normalized spacial score (nSPS) is 11.0. The average molecular weight is 227 g/mol. The molecule has 0 bridgehead atoms. The quantitative estimate of drug-likeness (QED) is 0.701. The van der Waals surface area contributed by atoms with Crippen molar-refractivity contribution in [3.8, 4) is 0 Å². The van der Waals surface area contributed by atoms with E-state index < -0.39 is 0 Å². The maximum absolute atomic E-state index is 5.08. The molecule has 0 aliphatic rings. The molecule has 1 aromatic heterocycles. The molecule has 0 unspecified atom stereocenters. The number of nitrogens with zero attached hydrogens (tertiary/aromatic N) is 2. The van der Waals surface area contributed by atoms with Crippen LogP contribution in [0.5, 0.6) is 0 Å². The van der Waals surface area contributed by atoms with Crippen molar-refractivity contribution in [2.45, 2.75) is 27.1 Å². The lowest BCUT2D eigenvalue weighted by atomic mass is 10.2. The van der Waals surface area contributed by atoms with Crippen molar-refractivity contribution in [2.24, 2.45) is 0 Å². The summed E-state index contributed by atoms with van der Waals surface area (Å²) in [5.41, 5.74) is 3.46. The zero-order chi connectivity index (χ0) is 12.0. The van der Waals surface area contributed by atoms with E-state index in [1.165, 1.54) is 5.56 Å². The van der Waals surface area contributed by atoms with Gasteiger partial charge in [-0.15, -0.1) is 0 Å². The highest BCUT2D eigenvalue weighted by atomic mass is 16.5. The fourth-order valence-corrected chi connectivity index (χ4v) is 1.63. The average Bonchev–Trinajstić information content (AvgIpc) is 2.52. The maximum Gasteiger partial charge on any atom is 0.139 e. The van der Waals surface area contributed by atoms with Gasteiger partial charge in [-0.25, -0.2) is 4.68 Å². The van der Waals surface area contributed by atoms with Crippen LogP contribution in [0, 0.1) is 13.8 Å². The molecule has 0 saturated carbocycles. The predicted octanol–water partition coefficient (Wildman–Crippen LogP) is 0.840. The van der Waals surface area contributed by atoms with Crippen LogP contribution in [0.15, 0.2) is 0 Å². The number of rotatable bonds is 7. The van der Waals surface area contributed by atoms with E-state index in [-0.39, 0.29) is 0 Å². The van der Waals surface area contributed by atoms with Crippen molar-refractivity contribution >= 4 is 0 Å². The van der Waals surface area contributed by atoms with Crippen LogP contribution in [0.25, 0.3) is 0 Å². The van der Waals surface area contributed by atoms with Crippen LogP contribution in [0.3, 0.4) is 0 Å². The van der Waals surface area contributed by atoms with Gasteiger partial charge in [0.15, 0.2) is 0 Å². The Morgan fingerprint density at radius 3 is 2.62 bits per heavy atom. The van der Waals surface area contributed by atoms with Crippen LogP contribution in [-0.4, -0.2) is 37.2 Å². The van der Waals surface area contributed by atoms with Crippen molar-refractivity contribution in [3.63, 3.8) is 0 Å². The minimum Gasteiger partial charge on any atom is -0.383 e. The van der Waals surface area contributed by atoms with Gasteiger partial charge in [-0.05, 0) is 13.8 Å². The molecule has 0 saturated heterocycles. The van der Waals surface area contributed by atoms with Crippen LogP contribution in [-0.2, 0) is 22.7 Å². The smallest absolute Gasteiger partial charge is 0.139 e. The van der Waals surface area contributed by atoms with Crippen molar-refractivity contribution in [1.82, 2.24) is 15.1 Å². The highest BCUT2D eigenvalue weighted by molar-refractivity contribution is 5.24. The Bertz CT molecular complexity index is 323. The van der Waals surface area contributed by atoms with Crippen molar-refractivity contribution in [1.29, 1.82) is 0 Å². The number of nitrogens with one attached hydrogen (secondary N) is 1. The summed E-state index contributed by atoms with van der Waals surface area (Å²) in [6.45, 7) is 6.99. The van der Waals surface area contributed by atoms with E-state index in [1.807, 2.05) is 11.6 Å². The first-order valence-corrected chi connectivity index (χ1v) is 5.42. The number of aryl methyl sites for hydroxylation is 1. The van der Waals surface area contributed by atoms with E-state index in [0.29, 0.717) is 6.73 Å². The van der Waals surface area contributed by atoms with Crippen LogP contribution in [0.1, 0.15) is 17.0 Å². The van der Waals surface area contributed by atoms with E-state index in [9.17, 15) is 0 Å². The second kappa shape index (κ2) is 6.62. The van der Waals surface area contributed by atoms with E-state index in [0.717, 1.165) is 31.1 Å². The van der Waals surface area contributed by atoms with Crippen LogP contribution >= 0.6 is 0 Å². The molecular weight excluding hydrogens is 206 g/mol. The van der Waals surface area contributed by atoms with Crippen LogP contribution < -0.4 is 5.32 Å². The summed E-state index contributed by atoms with van der Waals surface area (Å²) < 4.78 is 11.9. The third-order valence-electron chi connectivity index (χ3n) is 2.57. The van der Waals surface area contributed by atoms with Gasteiger partial charge in [-0.3, -0.25) is 0 Å². The maximum atomic E-state index is 5.08. The Balaban J connectivity index is 2.57. The van der Waals surface area contributed by atoms with E-state index >= 15 is 0 Å². The third-order valence-corrected chi connectivity index (χ3v) is 2.57. The molecule has 1 heterocycles. The standard InChI is InChI=1S/C11H21N3O2/c1-9-11(7-12-5-6-15-3)10(2)14(13-9)8-16-4/h12H,5-8H2,1-4H3. The molecule has 5 nitrogen and oxygen atoms in total. The second-order valence-electron chi connectivity index (χ2n) is 3.74. The molecule has 1 rings (SSSR count). The first-order valence-electron chi connectivity index (χ1n) is 5.42.